The molecule has 1 aromatic rings. The Morgan fingerprint density at radius 3 is 2.88 bits per heavy atom. The maximum absolute atomic E-state index is 12.4. The van der Waals surface area contributed by atoms with Crippen molar-refractivity contribution in [3.63, 3.8) is 0 Å². The van der Waals surface area contributed by atoms with E-state index in [1.54, 1.807) is 4.90 Å². The number of carbonyl (C=O) groups is 2. The summed E-state index contributed by atoms with van der Waals surface area (Å²) in [5.74, 6) is 1.11. The summed E-state index contributed by atoms with van der Waals surface area (Å²) >= 11 is 0. The Labute approximate surface area is 160 Å². The van der Waals surface area contributed by atoms with Crippen molar-refractivity contribution < 1.29 is 14.3 Å². The van der Waals surface area contributed by atoms with E-state index in [2.05, 4.69) is 10.6 Å². The summed E-state index contributed by atoms with van der Waals surface area (Å²) in [5.41, 5.74) is 1.09. The Bertz CT molecular complexity index is 676. The van der Waals surface area contributed by atoms with Crippen LogP contribution in [0.15, 0.2) is 24.3 Å². The molecule has 142 valence electrons. The van der Waals surface area contributed by atoms with Crippen LogP contribution in [0.3, 0.4) is 0 Å². The lowest BCUT2D eigenvalue weighted by Crippen LogP contribution is -2.40. The lowest BCUT2D eigenvalue weighted by atomic mass is 9.92. The number of rotatable bonds is 5. The van der Waals surface area contributed by atoms with E-state index in [9.17, 15) is 9.59 Å². The van der Waals surface area contributed by atoms with Crippen LogP contribution in [-0.4, -0.2) is 44.6 Å². The molecule has 2 fully saturated rings. The minimum absolute atomic E-state index is 0. The number of para-hydroxylation sites is 2. The van der Waals surface area contributed by atoms with Crippen LogP contribution in [-0.2, 0) is 9.59 Å². The molecule has 1 saturated heterocycles. The van der Waals surface area contributed by atoms with Crippen molar-refractivity contribution in [2.75, 3.05) is 37.7 Å². The van der Waals surface area contributed by atoms with Crippen LogP contribution in [0, 0.1) is 11.3 Å². The number of benzene rings is 1. The molecule has 1 saturated carbocycles. The third kappa shape index (κ3) is 3.67. The number of piperidine rings is 1. The van der Waals surface area contributed by atoms with Gasteiger partial charge >= 0.3 is 0 Å². The Balaban J connectivity index is 0.00000196. The highest BCUT2D eigenvalue weighted by atomic mass is 35.5. The molecular formula is C19H26ClN3O3. The summed E-state index contributed by atoms with van der Waals surface area (Å²) in [6.45, 7) is 3.35. The molecule has 6 nitrogen and oxygen atoms in total. The van der Waals surface area contributed by atoms with E-state index in [1.165, 1.54) is 0 Å². The van der Waals surface area contributed by atoms with Gasteiger partial charge in [0, 0.05) is 19.0 Å². The lowest BCUT2D eigenvalue weighted by Gasteiger charge is -2.29. The van der Waals surface area contributed by atoms with Crippen LogP contribution in [0.1, 0.15) is 25.7 Å². The van der Waals surface area contributed by atoms with E-state index < -0.39 is 0 Å². The summed E-state index contributed by atoms with van der Waals surface area (Å²) in [7, 11) is 0. The number of ether oxygens (including phenoxy) is 1. The monoisotopic (exact) mass is 379 g/mol. The highest BCUT2D eigenvalue weighted by molar-refractivity contribution is 5.97. The van der Waals surface area contributed by atoms with E-state index in [-0.39, 0.29) is 42.2 Å². The minimum Gasteiger partial charge on any atom is -0.482 e. The van der Waals surface area contributed by atoms with Crippen molar-refractivity contribution in [1.82, 2.24) is 10.6 Å². The summed E-state index contributed by atoms with van der Waals surface area (Å²) in [6.07, 6.45) is 4.01. The molecule has 4 rings (SSSR count). The third-order valence-corrected chi connectivity index (χ3v) is 5.77. The molecule has 0 radical (unpaired) electrons. The largest absolute Gasteiger partial charge is 0.482 e. The predicted molar refractivity (Wildman–Crippen MR) is 102 cm³/mol. The average Bonchev–Trinajstić information content (AvgIpc) is 3.33. The topological polar surface area (TPSA) is 70.7 Å². The van der Waals surface area contributed by atoms with Gasteiger partial charge in [0.1, 0.15) is 5.75 Å². The molecule has 1 spiro atoms. The molecule has 2 heterocycles. The number of carbonyl (C=O) groups excluding carboxylic acids is 2. The molecule has 2 N–H and O–H groups in total. The SMILES string of the molecule is Cl.O=C(NCCCN1C(=O)COc2ccccc21)C1CC12CCNCC2. The van der Waals surface area contributed by atoms with Gasteiger partial charge in [-0.1, -0.05) is 12.1 Å². The molecule has 1 unspecified atom stereocenters. The van der Waals surface area contributed by atoms with Gasteiger partial charge in [-0.25, -0.2) is 0 Å². The van der Waals surface area contributed by atoms with Crippen molar-refractivity contribution >= 4 is 29.9 Å². The van der Waals surface area contributed by atoms with E-state index >= 15 is 0 Å². The summed E-state index contributed by atoms with van der Waals surface area (Å²) in [5, 5.41) is 6.43. The molecule has 0 bridgehead atoms. The molecule has 1 atom stereocenters. The zero-order valence-electron chi connectivity index (χ0n) is 14.8. The average molecular weight is 380 g/mol. The number of halogens is 1. The Morgan fingerprint density at radius 1 is 1.31 bits per heavy atom. The van der Waals surface area contributed by atoms with E-state index in [0.717, 1.165) is 50.2 Å². The van der Waals surface area contributed by atoms with Crippen molar-refractivity contribution in [2.24, 2.45) is 11.3 Å². The molecular weight excluding hydrogens is 354 g/mol. The van der Waals surface area contributed by atoms with E-state index in [4.69, 9.17) is 4.74 Å². The quantitative estimate of drug-likeness (QED) is 0.764. The van der Waals surface area contributed by atoms with Gasteiger partial charge in [0.2, 0.25) is 5.91 Å². The standard InChI is InChI=1S/C19H25N3O3.ClH/c23-17-13-25-16-5-2-1-4-15(16)22(17)11-3-8-21-18(24)14-12-19(14)6-9-20-10-7-19;/h1-2,4-5,14,20H,3,6-13H2,(H,21,24);1H. The number of amides is 2. The maximum Gasteiger partial charge on any atom is 0.265 e. The molecule has 0 aromatic heterocycles. The van der Waals surface area contributed by atoms with Crippen LogP contribution >= 0.6 is 12.4 Å². The minimum atomic E-state index is -0.0270. The normalized spacial score (nSPS) is 22.8. The first-order valence-corrected chi connectivity index (χ1v) is 9.20. The van der Waals surface area contributed by atoms with Gasteiger partial charge < -0.3 is 20.3 Å². The highest BCUT2D eigenvalue weighted by Crippen LogP contribution is 2.58. The number of hydrogen-bond acceptors (Lipinski definition) is 4. The molecule has 1 aliphatic carbocycles. The van der Waals surface area contributed by atoms with E-state index in [1.807, 2.05) is 24.3 Å². The number of nitrogens with one attached hydrogen (secondary N) is 2. The second-order valence-electron chi connectivity index (χ2n) is 7.32. The first-order valence-electron chi connectivity index (χ1n) is 9.20. The fourth-order valence-corrected chi connectivity index (χ4v) is 4.17. The van der Waals surface area contributed by atoms with Gasteiger partial charge in [-0.15, -0.1) is 12.4 Å². The van der Waals surface area contributed by atoms with Crippen LogP contribution in [0.4, 0.5) is 5.69 Å². The Kier molecular flexibility index (Phi) is 5.73. The van der Waals surface area contributed by atoms with Crippen molar-refractivity contribution in [2.45, 2.75) is 25.7 Å². The Hall–Kier alpha value is -1.79. The Morgan fingerprint density at radius 2 is 2.08 bits per heavy atom. The first-order chi connectivity index (χ1) is 12.2. The fraction of sp³-hybridized carbons (Fsp3) is 0.579. The van der Waals surface area contributed by atoms with Gasteiger partial charge in [-0.05, 0) is 56.3 Å². The molecule has 1 aromatic carbocycles. The van der Waals surface area contributed by atoms with Crippen LogP contribution < -0.4 is 20.3 Å². The molecule has 3 aliphatic rings. The molecule has 2 amide bonds. The molecule has 7 heteroatoms. The number of hydrogen-bond donors (Lipinski definition) is 2. The number of nitrogens with zero attached hydrogens (tertiary/aromatic N) is 1. The highest BCUT2D eigenvalue weighted by Gasteiger charge is 2.57. The summed E-state index contributed by atoms with van der Waals surface area (Å²) < 4.78 is 5.45. The molecule has 26 heavy (non-hydrogen) atoms. The van der Waals surface area contributed by atoms with Crippen molar-refractivity contribution in [1.29, 1.82) is 0 Å². The van der Waals surface area contributed by atoms with Crippen LogP contribution in [0.2, 0.25) is 0 Å². The second kappa shape index (κ2) is 7.84. The van der Waals surface area contributed by atoms with Crippen LogP contribution in [0.5, 0.6) is 5.75 Å². The van der Waals surface area contributed by atoms with Gasteiger partial charge in [0.15, 0.2) is 6.61 Å². The molecule has 2 aliphatic heterocycles. The smallest absolute Gasteiger partial charge is 0.265 e. The zero-order valence-corrected chi connectivity index (χ0v) is 15.6. The van der Waals surface area contributed by atoms with Gasteiger partial charge in [0.05, 0.1) is 5.69 Å². The number of fused-ring (bicyclic) bond motifs is 1. The third-order valence-electron chi connectivity index (χ3n) is 5.77. The van der Waals surface area contributed by atoms with Gasteiger partial charge in [-0.3, -0.25) is 9.59 Å². The second-order valence-corrected chi connectivity index (χ2v) is 7.32. The first kappa shape index (κ1) is 19.0. The van der Waals surface area contributed by atoms with E-state index in [0.29, 0.717) is 13.1 Å². The van der Waals surface area contributed by atoms with Crippen LogP contribution in [0.25, 0.3) is 0 Å². The zero-order chi connectivity index (χ0) is 17.3. The van der Waals surface area contributed by atoms with Gasteiger partial charge in [0.25, 0.3) is 5.91 Å². The lowest BCUT2D eigenvalue weighted by molar-refractivity contribution is -0.123. The van der Waals surface area contributed by atoms with Gasteiger partial charge in [-0.2, -0.15) is 0 Å². The van der Waals surface area contributed by atoms with Crippen molar-refractivity contribution in [3.8, 4) is 5.75 Å². The maximum atomic E-state index is 12.4. The van der Waals surface area contributed by atoms with Crippen molar-refractivity contribution in [3.05, 3.63) is 24.3 Å². The fourth-order valence-electron chi connectivity index (χ4n) is 4.17. The number of anilines is 1. The summed E-state index contributed by atoms with van der Waals surface area (Å²) in [4.78, 5) is 26.2. The summed E-state index contributed by atoms with van der Waals surface area (Å²) in [6, 6.07) is 7.58. The predicted octanol–water partition coefficient (Wildman–Crippen LogP) is 1.73.